The van der Waals surface area contributed by atoms with Crippen LogP contribution in [0.2, 0.25) is 0 Å². The van der Waals surface area contributed by atoms with E-state index in [9.17, 15) is 9.59 Å². The molecule has 7 heteroatoms. The van der Waals surface area contributed by atoms with E-state index >= 15 is 0 Å². The summed E-state index contributed by atoms with van der Waals surface area (Å²) in [6, 6.07) is 16.4. The number of furan rings is 1. The molecular formula is C25H23N3O4. The van der Waals surface area contributed by atoms with Crippen molar-refractivity contribution in [1.82, 2.24) is 9.88 Å². The van der Waals surface area contributed by atoms with Gasteiger partial charge in [-0.3, -0.25) is 9.59 Å². The molecule has 0 radical (unpaired) electrons. The van der Waals surface area contributed by atoms with Crippen molar-refractivity contribution < 1.29 is 18.4 Å². The standard InChI is InChI=1S/C25H23N3O4/c1-16-8-9-18(15-20(16)26-23(29)22-7-4-14-31-22)25(30)28-12-10-17(11-13-28)24-27-19-5-2-3-6-21(19)32-24/h2-9,14-15,17H,10-13H2,1H3,(H,26,29). The van der Waals surface area contributed by atoms with Crippen LogP contribution < -0.4 is 5.32 Å². The molecule has 7 nitrogen and oxygen atoms in total. The maximum absolute atomic E-state index is 13.1. The van der Waals surface area contributed by atoms with Gasteiger partial charge >= 0.3 is 0 Å². The molecule has 2 aromatic carbocycles. The number of benzene rings is 2. The van der Waals surface area contributed by atoms with Crippen LogP contribution in [0.15, 0.2) is 69.7 Å². The number of fused-ring (bicyclic) bond motifs is 1. The van der Waals surface area contributed by atoms with Gasteiger partial charge in [0, 0.05) is 30.3 Å². The molecular weight excluding hydrogens is 406 g/mol. The molecule has 0 unspecified atom stereocenters. The number of nitrogens with zero attached hydrogens (tertiary/aromatic N) is 2. The number of anilines is 1. The molecule has 4 aromatic rings. The van der Waals surface area contributed by atoms with Gasteiger partial charge in [0.2, 0.25) is 0 Å². The quantitative estimate of drug-likeness (QED) is 0.493. The summed E-state index contributed by atoms with van der Waals surface area (Å²) in [7, 11) is 0. The third-order valence-corrected chi connectivity index (χ3v) is 5.92. The molecule has 162 valence electrons. The van der Waals surface area contributed by atoms with Crippen LogP contribution in [0.3, 0.4) is 0 Å². The number of aryl methyl sites for hydroxylation is 1. The van der Waals surface area contributed by atoms with Crippen molar-refractivity contribution in [3.63, 3.8) is 0 Å². The second-order valence-electron chi connectivity index (χ2n) is 8.05. The summed E-state index contributed by atoms with van der Waals surface area (Å²) in [6.07, 6.45) is 3.05. The average Bonchev–Trinajstić information content (AvgIpc) is 3.50. The zero-order valence-electron chi connectivity index (χ0n) is 17.7. The van der Waals surface area contributed by atoms with Gasteiger partial charge < -0.3 is 19.1 Å². The Kier molecular flexibility index (Phi) is 5.23. The molecule has 1 saturated heterocycles. The van der Waals surface area contributed by atoms with Gasteiger partial charge in [-0.05, 0) is 61.7 Å². The highest BCUT2D eigenvalue weighted by molar-refractivity contribution is 6.04. The summed E-state index contributed by atoms with van der Waals surface area (Å²) in [5, 5.41) is 2.83. The fourth-order valence-electron chi connectivity index (χ4n) is 4.06. The topological polar surface area (TPSA) is 88.6 Å². The number of hydrogen-bond acceptors (Lipinski definition) is 5. The molecule has 1 fully saturated rings. The van der Waals surface area contributed by atoms with Gasteiger partial charge in [0.1, 0.15) is 5.52 Å². The number of likely N-dealkylation sites (tertiary alicyclic amines) is 1. The molecule has 0 spiro atoms. The predicted octanol–water partition coefficient (Wildman–Crippen LogP) is 5.00. The Bertz CT molecular complexity index is 1230. The van der Waals surface area contributed by atoms with Crippen LogP contribution in [0.25, 0.3) is 11.1 Å². The van der Waals surface area contributed by atoms with Crippen LogP contribution in [0.5, 0.6) is 0 Å². The Labute approximate surface area is 185 Å². The normalized spacial score (nSPS) is 14.6. The third kappa shape index (κ3) is 3.89. The van der Waals surface area contributed by atoms with Gasteiger partial charge in [0.15, 0.2) is 17.2 Å². The van der Waals surface area contributed by atoms with Crippen molar-refractivity contribution in [2.45, 2.75) is 25.7 Å². The fraction of sp³-hybridized carbons (Fsp3) is 0.240. The summed E-state index contributed by atoms with van der Waals surface area (Å²) >= 11 is 0. The van der Waals surface area contributed by atoms with Crippen LogP contribution >= 0.6 is 0 Å². The number of carbonyl (C=O) groups is 2. The minimum Gasteiger partial charge on any atom is -0.459 e. The first kappa shape index (κ1) is 20.1. The molecule has 0 bridgehead atoms. The number of para-hydroxylation sites is 2. The Balaban J connectivity index is 1.26. The lowest BCUT2D eigenvalue weighted by molar-refractivity contribution is 0.0706. The van der Waals surface area contributed by atoms with E-state index in [1.165, 1.54) is 6.26 Å². The highest BCUT2D eigenvalue weighted by Gasteiger charge is 2.28. The van der Waals surface area contributed by atoms with Crippen molar-refractivity contribution in [2.75, 3.05) is 18.4 Å². The Hall–Kier alpha value is -3.87. The first-order chi connectivity index (χ1) is 15.6. The molecule has 1 aliphatic rings. The molecule has 0 aliphatic carbocycles. The van der Waals surface area contributed by atoms with E-state index in [4.69, 9.17) is 8.83 Å². The number of nitrogens with one attached hydrogen (secondary N) is 1. The predicted molar refractivity (Wildman–Crippen MR) is 120 cm³/mol. The lowest BCUT2D eigenvalue weighted by atomic mass is 9.96. The number of amides is 2. The number of piperidine rings is 1. The molecule has 0 atom stereocenters. The highest BCUT2D eigenvalue weighted by Crippen LogP contribution is 2.30. The summed E-state index contributed by atoms with van der Waals surface area (Å²) in [6.45, 7) is 3.15. The van der Waals surface area contributed by atoms with Crippen molar-refractivity contribution >= 4 is 28.6 Å². The largest absolute Gasteiger partial charge is 0.459 e. The first-order valence-corrected chi connectivity index (χ1v) is 10.7. The highest BCUT2D eigenvalue weighted by atomic mass is 16.3. The van der Waals surface area contributed by atoms with Crippen LogP contribution in [0.1, 0.15) is 51.1 Å². The van der Waals surface area contributed by atoms with Crippen LogP contribution in [0, 0.1) is 6.92 Å². The van der Waals surface area contributed by atoms with Crippen LogP contribution in [-0.2, 0) is 0 Å². The van der Waals surface area contributed by atoms with E-state index in [1.807, 2.05) is 42.2 Å². The van der Waals surface area contributed by atoms with Gasteiger partial charge in [-0.15, -0.1) is 0 Å². The number of oxazole rings is 1. The summed E-state index contributed by atoms with van der Waals surface area (Å²) in [5.74, 6) is 0.780. The van der Waals surface area contributed by atoms with E-state index in [-0.39, 0.29) is 23.5 Å². The van der Waals surface area contributed by atoms with Crippen molar-refractivity contribution in [1.29, 1.82) is 0 Å². The second kappa shape index (κ2) is 8.34. The Morgan fingerprint density at radius 3 is 2.62 bits per heavy atom. The van der Waals surface area contributed by atoms with Gasteiger partial charge in [0.25, 0.3) is 11.8 Å². The fourth-order valence-corrected chi connectivity index (χ4v) is 4.06. The molecule has 32 heavy (non-hydrogen) atoms. The minimum atomic E-state index is -0.346. The van der Waals surface area contributed by atoms with Crippen molar-refractivity contribution in [3.8, 4) is 0 Å². The van der Waals surface area contributed by atoms with E-state index in [0.29, 0.717) is 24.3 Å². The molecule has 0 saturated carbocycles. The molecule has 2 amide bonds. The monoisotopic (exact) mass is 429 g/mol. The van der Waals surface area contributed by atoms with Gasteiger partial charge in [-0.25, -0.2) is 4.98 Å². The molecule has 2 aromatic heterocycles. The third-order valence-electron chi connectivity index (χ3n) is 5.92. The number of carbonyl (C=O) groups excluding carboxylic acids is 2. The molecule has 5 rings (SSSR count). The van der Waals surface area contributed by atoms with E-state index < -0.39 is 0 Å². The van der Waals surface area contributed by atoms with Gasteiger partial charge in [-0.1, -0.05) is 18.2 Å². The summed E-state index contributed by atoms with van der Waals surface area (Å²) < 4.78 is 11.1. The number of hydrogen-bond donors (Lipinski definition) is 1. The zero-order chi connectivity index (χ0) is 22.1. The van der Waals surface area contributed by atoms with Gasteiger partial charge in [-0.2, -0.15) is 0 Å². The maximum atomic E-state index is 13.1. The first-order valence-electron chi connectivity index (χ1n) is 10.7. The van der Waals surface area contributed by atoms with Crippen LogP contribution in [-0.4, -0.2) is 34.8 Å². The average molecular weight is 429 g/mol. The summed E-state index contributed by atoms with van der Waals surface area (Å²) in [4.78, 5) is 31.9. The molecule has 3 heterocycles. The SMILES string of the molecule is Cc1ccc(C(=O)N2CCC(c3nc4ccccc4o3)CC2)cc1NC(=O)c1ccco1. The number of aromatic nitrogens is 1. The van der Waals surface area contributed by atoms with Crippen molar-refractivity contribution in [2.24, 2.45) is 0 Å². The number of rotatable bonds is 4. The van der Waals surface area contributed by atoms with Gasteiger partial charge in [0.05, 0.1) is 6.26 Å². The molecule has 1 aliphatic heterocycles. The van der Waals surface area contributed by atoms with Crippen LogP contribution in [0.4, 0.5) is 5.69 Å². The maximum Gasteiger partial charge on any atom is 0.291 e. The van der Waals surface area contributed by atoms with E-state index in [1.54, 1.807) is 24.3 Å². The van der Waals surface area contributed by atoms with Crippen molar-refractivity contribution in [3.05, 3.63) is 83.6 Å². The summed E-state index contributed by atoms with van der Waals surface area (Å²) in [5.41, 5.74) is 3.68. The van der Waals surface area contributed by atoms with E-state index in [0.717, 1.165) is 35.4 Å². The second-order valence-corrected chi connectivity index (χ2v) is 8.05. The lowest BCUT2D eigenvalue weighted by Gasteiger charge is -2.30. The van der Waals surface area contributed by atoms with E-state index in [2.05, 4.69) is 10.3 Å². The lowest BCUT2D eigenvalue weighted by Crippen LogP contribution is -2.38. The Morgan fingerprint density at radius 2 is 1.88 bits per heavy atom. The zero-order valence-corrected chi connectivity index (χ0v) is 17.7. The Morgan fingerprint density at radius 1 is 1.06 bits per heavy atom. The smallest absolute Gasteiger partial charge is 0.291 e. The molecule has 1 N–H and O–H groups in total. The minimum absolute atomic E-state index is 0.0467.